The molecule has 4 nitrogen and oxygen atoms in total. The van der Waals surface area contributed by atoms with Crippen molar-refractivity contribution in [3.8, 4) is 0 Å². The van der Waals surface area contributed by atoms with E-state index in [1.165, 1.54) is 17.0 Å². The first-order chi connectivity index (χ1) is 8.32. The summed E-state index contributed by atoms with van der Waals surface area (Å²) in [5, 5.41) is 8.76. The summed E-state index contributed by atoms with van der Waals surface area (Å²) in [6, 6.07) is 3.87. The topological polar surface area (TPSA) is 57.6 Å². The maximum Gasteiger partial charge on any atom is 0.323 e. The van der Waals surface area contributed by atoms with Crippen molar-refractivity contribution in [2.45, 2.75) is 26.8 Å². The molecule has 0 bridgehead atoms. The third-order valence-electron chi connectivity index (χ3n) is 2.61. The lowest BCUT2D eigenvalue weighted by Crippen LogP contribution is -2.40. The smallest absolute Gasteiger partial charge is 0.323 e. The lowest BCUT2D eigenvalue weighted by Gasteiger charge is -2.25. The monoisotopic (exact) mass is 253 g/mol. The zero-order chi connectivity index (χ0) is 13.9. The first-order valence-electron chi connectivity index (χ1n) is 5.62. The largest absolute Gasteiger partial charge is 0.480 e. The first kappa shape index (κ1) is 14.2. The lowest BCUT2D eigenvalue weighted by molar-refractivity contribution is -0.138. The van der Waals surface area contributed by atoms with Crippen LogP contribution in [-0.4, -0.2) is 34.5 Å². The molecule has 0 aliphatic heterocycles. The number of halogens is 1. The van der Waals surface area contributed by atoms with E-state index in [0.717, 1.165) is 6.07 Å². The van der Waals surface area contributed by atoms with Crippen LogP contribution < -0.4 is 0 Å². The molecule has 0 aliphatic carbocycles. The number of nitrogens with zero attached hydrogens (tertiary/aromatic N) is 1. The molecule has 0 spiro atoms. The molecule has 0 atom stereocenters. The third kappa shape index (κ3) is 3.29. The number of aliphatic carboxylic acids is 1. The summed E-state index contributed by atoms with van der Waals surface area (Å²) in [4.78, 5) is 24.0. The van der Waals surface area contributed by atoms with Gasteiger partial charge >= 0.3 is 5.97 Å². The molecule has 5 heteroatoms. The molecule has 1 aromatic rings. The number of carbonyl (C=O) groups excluding carboxylic acids is 1. The highest BCUT2D eigenvalue weighted by atomic mass is 19.1. The fraction of sp³-hybridized carbons (Fsp3) is 0.385. The molecule has 0 heterocycles. The van der Waals surface area contributed by atoms with Crippen molar-refractivity contribution in [2.75, 3.05) is 6.54 Å². The second kappa shape index (κ2) is 5.62. The van der Waals surface area contributed by atoms with Gasteiger partial charge in [0, 0.05) is 11.6 Å². The highest BCUT2D eigenvalue weighted by molar-refractivity contribution is 5.96. The Bertz CT molecular complexity index is 471. The standard InChI is InChI=1S/C13H16FNO3/c1-8(2)15(7-12(16)17)13(18)10-5-4-9(3)11(14)6-10/h4-6,8H,7H2,1-3H3,(H,16,17). The number of benzene rings is 1. The average Bonchev–Trinajstić information content (AvgIpc) is 2.28. The van der Waals surface area contributed by atoms with Crippen LogP contribution >= 0.6 is 0 Å². The van der Waals surface area contributed by atoms with Crippen LogP contribution in [0.25, 0.3) is 0 Å². The highest BCUT2D eigenvalue weighted by Crippen LogP contribution is 2.13. The Labute approximate surface area is 105 Å². The van der Waals surface area contributed by atoms with Gasteiger partial charge in [0.15, 0.2) is 0 Å². The maximum absolute atomic E-state index is 13.4. The van der Waals surface area contributed by atoms with E-state index in [0.29, 0.717) is 5.56 Å². The molecule has 0 unspecified atom stereocenters. The first-order valence-corrected chi connectivity index (χ1v) is 5.62. The number of carboxylic acid groups (broad SMARTS) is 1. The molecule has 98 valence electrons. The minimum Gasteiger partial charge on any atom is -0.480 e. The van der Waals surface area contributed by atoms with E-state index in [1.54, 1.807) is 20.8 Å². The van der Waals surface area contributed by atoms with E-state index in [9.17, 15) is 14.0 Å². The Kier molecular flexibility index (Phi) is 4.42. The Morgan fingerprint density at radius 2 is 2.00 bits per heavy atom. The fourth-order valence-corrected chi connectivity index (χ4v) is 1.53. The van der Waals surface area contributed by atoms with Crippen molar-refractivity contribution in [1.82, 2.24) is 4.90 Å². The number of hydrogen-bond donors (Lipinski definition) is 1. The molecule has 0 fully saturated rings. The molecule has 1 amide bonds. The Morgan fingerprint density at radius 1 is 1.39 bits per heavy atom. The van der Waals surface area contributed by atoms with Gasteiger partial charge in [0.2, 0.25) is 0 Å². The van der Waals surface area contributed by atoms with E-state index in [-0.39, 0.29) is 11.6 Å². The minimum atomic E-state index is -1.09. The summed E-state index contributed by atoms with van der Waals surface area (Å²) < 4.78 is 13.4. The molecule has 1 N–H and O–H groups in total. The van der Waals surface area contributed by atoms with Gasteiger partial charge in [0.25, 0.3) is 5.91 Å². The second-order valence-corrected chi connectivity index (χ2v) is 4.38. The number of carbonyl (C=O) groups is 2. The SMILES string of the molecule is Cc1ccc(C(=O)N(CC(=O)O)C(C)C)cc1F. The van der Waals surface area contributed by atoms with E-state index in [1.807, 2.05) is 0 Å². The summed E-state index contributed by atoms with van der Waals surface area (Å²) in [5.41, 5.74) is 0.605. The second-order valence-electron chi connectivity index (χ2n) is 4.38. The van der Waals surface area contributed by atoms with Crippen molar-refractivity contribution >= 4 is 11.9 Å². The molecule has 0 radical (unpaired) electrons. The molecular weight excluding hydrogens is 237 g/mol. The number of amides is 1. The van der Waals surface area contributed by atoms with Crippen molar-refractivity contribution < 1.29 is 19.1 Å². The van der Waals surface area contributed by atoms with Crippen LogP contribution in [0.2, 0.25) is 0 Å². The Morgan fingerprint density at radius 3 is 2.44 bits per heavy atom. The molecular formula is C13H16FNO3. The van der Waals surface area contributed by atoms with Gasteiger partial charge < -0.3 is 10.0 Å². The molecule has 1 aromatic carbocycles. The van der Waals surface area contributed by atoms with Crippen LogP contribution in [0.5, 0.6) is 0 Å². The van der Waals surface area contributed by atoms with Gasteiger partial charge in [-0.15, -0.1) is 0 Å². The van der Waals surface area contributed by atoms with Crippen LogP contribution in [0.3, 0.4) is 0 Å². The predicted octanol–water partition coefficient (Wildman–Crippen LogP) is 2.07. The summed E-state index contributed by atoms with van der Waals surface area (Å²) in [7, 11) is 0. The van der Waals surface area contributed by atoms with Crippen LogP contribution in [-0.2, 0) is 4.79 Å². The van der Waals surface area contributed by atoms with E-state index >= 15 is 0 Å². The summed E-state index contributed by atoms with van der Waals surface area (Å²) in [6.45, 7) is 4.63. The van der Waals surface area contributed by atoms with Crippen molar-refractivity contribution in [1.29, 1.82) is 0 Å². The van der Waals surface area contributed by atoms with Crippen LogP contribution in [0.4, 0.5) is 4.39 Å². The van der Waals surface area contributed by atoms with Gasteiger partial charge in [-0.2, -0.15) is 0 Å². The maximum atomic E-state index is 13.4. The van der Waals surface area contributed by atoms with Crippen LogP contribution in [0.15, 0.2) is 18.2 Å². The Balaban J connectivity index is 3.02. The summed E-state index contributed by atoms with van der Waals surface area (Å²) >= 11 is 0. The third-order valence-corrected chi connectivity index (χ3v) is 2.61. The molecule has 0 aliphatic rings. The number of hydrogen-bond acceptors (Lipinski definition) is 2. The highest BCUT2D eigenvalue weighted by Gasteiger charge is 2.21. The van der Waals surface area contributed by atoms with Gasteiger partial charge in [0.1, 0.15) is 12.4 Å². The van der Waals surface area contributed by atoms with Gasteiger partial charge in [0.05, 0.1) is 0 Å². The van der Waals surface area contributed by atoms with E-state index in [4.69, 9.17) is 5.11 Å². The summed E-state index contributed by atoms with van der Waals surface area (Å²) in [6.07, 6.45) is 0. The number of aryl methyl sites for hydroxylation is 1. The lowest BCUT2D eigenvalue weighted by atomic mass is 10.1. The van der Waals surface area contributed by atoms with Gasteiger partial charge in [-0.3, -0.25) is 9.59 Å². The van der Waals surface area contributed by atoms with Crippen LogP contribution in [0.1, 0.15) is 29.8 Å². The Hall–Kier alpha value is -1.91. The molecule has 1 rings (SSSR count). The fourth-order valence-electron chi connectivity index (χ4n) is 1.53. The van der Waals surface area contributed by atoms with Crippen molar-refractivity contribution in [3.05, 3.63) is 35.1 Å². The quantitative estimate of drug-likeness (QED) is 0.893. The van der Waals surface area contributed by atoms with E-state index < -0.39 is 24.2 Å². The average molecular weight is 253 g/mol. The van der Waals surface area contributed by atoms with Crippen LogP contribution in [0, 0.1) is 12.7 Å². The predicted molar refractivity (Wildman–Crippen MR) is 64.9 cm³/mol. The zero-order valence-electron chi connectivity index (χ0n) is 10.6. The van der Waals surface area contributed by atoms with Gasteiger partial charge in [-0.05, 0) is 38.5 Å². The van der Waals surface area contributed by atoms with Gasteiger partial charge in [-0.25, -0.2) is 4.39 Å². The zero-order valence-corrected chi connectivity index (χ0v) is 10.6. The molecule has 0 saturated heterocycles. The van der Waals surface area contributed by atoms with Crippen molar-refractivity contribution in [3.63, 3.8) is 0 Å². The normalized spacial score (nSPS) is 10.5. The minimum absolute atomic E-state index is 0.160. The number of carboxylic acids is 1. The molecule has 0 saturated carbocycles. The van der Waals surface area contributed by atoms with Crippen molar-refractivity contribution in [2.24, 2.45) is 0 Å². The molecule has 0 aromatic heterocycles. The summed E-state index contributed by atoms with van der Waals surface area (Å²) in [5.74, 6) is -2.05. The van der Waals surface area contributed by atoms with E-state index in [2.05, 4.69) is 0 Å². The number of rotatable bonds is 4. The molecule has 18 heavy (non-hydrogen) atoms. The van der Waals surface area contributed by atoms with Gasteiger partial charge in [-0.1, -0.05) is 6.07 Å².